The van der Waals surface area contributed by atoms with Gasteiger partial charge in [0.2, 0.25) is 0 Å². The first-order valence-corrected chi connectivity index (χ1v) is 8.24. The Hall–Kier alpha value is -2.04. The molecule has 0 radical (unpaired) electrons. The smallest absolute Gasteiger partial charge is 0.191 e. The van der Waals surface area contributed by atoms with Gasteiger partial charge >= 0.3 is 0 Å². The fourth-order valence-corrected chi connectivity index (χ4v) is 2.36. The minimum atomic E-state index is 0. The van der Waals surface area contributed by atoms with Crippen LogP contribution in [0.15, 0.2) is 35.8 Å². The van der Waals surface area contributed by atoms with Gasteiger partial charge in [0.05, 0.1) is 14.2 Å². The largest absolute Gasteiger partial charge is 0.497 e. The normalized spacial score (nSPS) is 10.8. The summed E-state index contributed by atoms with van der Waals surface area (Å²) in [6.07, 6.45) is 5.55. The molecule has 0 aliphatic carbocycles. The van der Waals surface area contributed by atoms with Gasteiger partial charge in [-0.25, -0.2) is 0 Å². The van der Waals surface area contributed by atoms with Gasteiger partial charge < -0.3 is 24.7 Å². The molecule has 0 spiro atoms. The van der Waals surface area contributed by atoms with Crippen molar-refractivity contribution in [3.05, 3.63) is 36.4 Å². The molecule has 8 nitrogen and oxygen atoms in total. The molecule has 0 amide bonds. The molecule has 1 aromatic carbocycles. The maximum absolute atomic E-state index is 5.41. The molecule has 0 bridgehead atoms. The van der Waals surface area contributed by atoms with Crippen molar-refractivity contribution < 1.29 is 9.47 Å². The Kier molecular flexibility index (Phi) is 10.4. The molecule has 0 saturated carbocycles. The zero-order valence-electron chi connectivity index (χ0n) is 15.4. The number of methoxy groups -OCH3 is 2. The van der Waals surface area contributed by atoms with Gasteiger partial charge in [0, 0.05) is 38.3 Å². The fraction of sp³-hybridized carbons (Fsp3) is 0.471. The van der Waals surface area contributed by atoms with Crippen LogP contribution in [0.25, 0.3) is 0 Å². The van der Waals surface area contributed by atoms with E-state index in [0.717, 1.165) is 49.0 Å². The van der Waals surface area contributed by atoms with E-state index in [2.05, 4.69) is 25.8 Å². The molecular weight excluding hydrogens is 447 g/mol. The van der Waals surface area contributed by atoms with E-state index in [1.165, 1.54) is 0 Å². The molecular formula is C17H27IN6O2. The molecule has 144 valence electrons. The van der Waals surface area contributed by atoms with Crippen LogP contribution in [0.5, 0.6) is 11.5 Å². The highest BCUT2D eigenvalue weighted by Gasteiger charge is 2.06. The van der Waals surface area contributed by atoms with E-state index < -0.39 is 0 Å². The summed E-state index contributed by atoms with van der Waals surface area (Å²) in [6.45, 7) is 2.39. The first-order chi connectivity index (χ1) is 12.3. The summed E-state index contributed by atoms with van der Waals surface area (Å²) >= 11 is 0. The van der Waals surface area contributed by atoms with E-state index in [9.17, 15) is 0 Å². The van der Waals surface area contributed by atoms with Crippen molar-refractivity contribution in [2.24, 2.45) is 4.99 Å². The average molecular weight is 474 g/mol. The van der Waals surface area contributed by atoms with Crippen LogP contribution in [0.4, 0.5) is 0 Å². The summed E-state index contributed by atoms with van der Waals surface area (Å²) in [7, 11) is 5.06. The number of aromatic nitrogens is 3. The van der Waals surface area contributed by atoms with Gasteiger partial charge in [0.25, 0.3) is 0 Å². The Morgan fingerprint density at radius 2 is 1.88 bits per heavy atom. The first-order valence-electron chi connectivity index (χ1n) is 8.24. The summed E-state index contributed by atoms with van der Waals surface area (Å²) in [5.74, 6) is 2.33. The Labute approximate surface area is 171 Å². The molecule has 0 unspecified atom stereocenters. The van der Waals surface area contributed by atoms with E-state index in [1.807, 2.05) is 22.8 Å². The van der Waals surface area contributed by atoms with Crippen LogP contribution in [0.1, 0.15) is 18.4 Å². The number of nitrogens with one attached hydrogen (secondary N) is 2. The monoisotopic (exact) mass is 474 g/mol. The van der Waals surface area contributed by atoms with Crippen LogP contribution in [-0.2, 0) is 13.1 Å². The maximum atomic E-state index is 5.41. The number of hydrogen-bond acceptors (Lipinski definition) is 5. The van der Waals surface area contributed by atoms with Gasteiger partial charge in [-0.3, -0.25) is 4.99 Å². The summed E-state index contributed by atoms with van der Waals surface area (Å²) in [4.78, 5) is 4.24. The predicted molar refractivity (Wildman–Crippen MR) is 112 cm³/mol. The number of ether oxygens (including phenoxy) is 2. The van der Waals surface area contributed by atoms with Gasteiger partial charge in [0.1, 0.15) is 24.2 Å². The first kappa shape index (κ1) is 22.0. The Morgan fingerprint density at radius 3 is 2.54 bits per heavy atom. The lowest BCUT2D eigenvalue weighted by Crippen LogP contribution is -2.37. The molecule has 0 aliphatic rings. The summed E-state index contributed by atoms with van der Waals surface area (Å²) < 4.78 is 12.6. The molecule has 2 rings (SSSR count). The average Bonchev–Trinajstić information content (AvgIpc) is 3.17. The number of unbranched alkanes of at least 4 members (excludes halogenated alkanes) is 1. The third kappa shape index (κ3) is 7.06. The zero-order chi connectivity index (χ0) is 17.9. The number of halogens is 1. The molecule has 26 heavy (non-hydrogen) atoms. The van der Waals surface area contributed by atoms with Gasteiger partial charge in [-0.1, -0.05) is 0 Å². The molecule has 0 saturated heterocycles. The van der Waals surface area contributed by atoms with E-state index >= 15 is 0 Å². The zero-order valence-corrected chi connectivity index (χ0v) is 17.8. The van der Waals surface area contributed by atoms with E-state index in [-0.39, 0.29) is 24.0 Å². The minimum absolute atomic E-state index is 0. The summed E-state index contributed by atoms with van der Waals surface area (Å²) in [5.41, 5.74) is 1.04. The van der Waals surface area contributed by atoms with Crippen molar-refractivity contribution >= 4 is 29.9 Å². The van der Waals surface area contributed by atoms with Crippen LogP contribution < -0.4 is 20.1 Å². The van der Waals surface area contributed by atoms with Gasteiger partial charge in [0.15, 0.2) is 5.96 Å². The number of aliphatic imine (C=N–C) groups is 1. The molecule has 1 aromatic heterocycles. The lowest BCUT2D eigenvalue weighted by molar-refractivity contribution is 0.390. The van der Waals surface area contributed by atoms with Crippen molar-refractivity contribution in [1.82, 2.24) is 25.4 Å². The Morgan fingerprint density at radius 1 is 1.12 bits per heavy atom. The number of hydrogen-bond donors (Lipinski definition) is 2. The summed E-state index contributed by atoms with van der Waals surface area (Å²) in [5, 5.41) is 14.2. The van der Waals surface area contributed by atoms with Crippen molar-refractivity contribution in [2.45, 2.75) is 25.9 Å². The van der Waals surface area contributed by atoms with Crippen molar-refractivity contribution in [2.75, 3.05) is 27.8 Å². The second kappa shape index (κ2) is 12.3. The topological polar surface area (TPSA) is 85.6 Å². The third-order valence-electron chi connectivity index (χ3n) is 3.77. The predicted octanol–water partition coefficient (Wildman–Crippen LogP) is 2.06. The Balaban J connectivity index is 0.00000338. The lowest BCUT2D eigenvalue weighted by Gasteiger charge is -2.14. The molecule has 9 heteroatoms. The lowest BCUT2D eigenvalue weighted by atomic mass is 10.2. The highest BCUT2D eigenvalue weighted by molar-refractivity contribution is 14.0. The number of aryl methyl sites for hydroxylation is 1. The highest BCUT2D eigenvalue weighted by Crippen LogP contribution is 2.24. The van der Waals surface area contributed by atoms with Crippen LogP contribution in [0.3, 0.4) is 0 Å². The minimum Gasteiger partial charge on any atom is -0.497 e. The number of rotatable bonds is 9. The van der Waals surface area contributed by atoms with Crippen LogP contribution >= 0.6 is 24.0 Å². The quantitative estimate of drug-likeness (QED) is 0.251. The van der Waals surface area contributed by atoms with Gasteiger partial charge in [-0.05, 0) is 25.0 Å². The van der Waals surface area contributed by atoms with Crippen molar-refractivity contribution in [3.8, 4) is 11.5 Å². The number of benzene rings is 1. The Bertz CT molecular complexity index is 663. The van der Waals surface area contributed by atoms with E-state index in [1.54, 1.807) is 33.9 Å². The molecule has 2 aromatic rings. The highest BCUT2D eigenvalue weighted by atomic mass is 127. The second-order valence-corrected chi connectivity index (χ2v) is 5.44. The molecule has 2 N–H and O–H groups in total. The second-order valence-electron chi connectivity index (χ2n) is 5.44. The van der Waals surface area contributed by atoms with Crippen LogP contribution in [0.2, 0.25) is 0 Å². The van der Waals surface area contributed by atoms with Crippen molar-refractivity contribution in [1.29, 1.82) is 0 Å². The number of nitrogens with zero attached hydrogens (tertiary/aromatic N) is 4. The maximum Gasteiger partial charge on any atom is 0.191 e. The van der Waals surface area contributed by atoms with Crippen LogP contribution in [-0.4, -0.2) is 48.5 Å². The van der Waals surface area contributed by atoms with Gasteiger partial charge in [-0.2, -0.15) is 0 Å². The van der Waals surface area contributed by atoms with Crippen molar-refractivity contribution in [3.63, 3.8) is 0 Å². The fourth-order valence-electron chi connectivity index (χ4n) is 2.36. The van der Waals surface area contributed by atoms with Crippen LogP contribution in [0, 0.1) is 0 Å². The SMILES string of the molecule is CN=C(NCCCCn1cnnc1)NCc1ccc(OC)cc1OC.I. The standard InChI is InChI=1S/C17H26N6O2.HI/c1-18-17(19-8-4-5-9-23-12-21-22-13-23)20-11-14-6-7-15(24-2)10-16(14)25-3;/h6-7,10,12-13H,4-5,8-9,11H2,1-3H3,(H2,18,19,20);1H. The molecule has 1 heterocycles. The van der Waals surface area contributed by atoms with E-state index in [4.69, 9.17) is 9.47 Å². The summed E-state index contributed by atoms with van der Waals surface area (Å²) in [6, 6.07) is 5.77. The third-order valence-corrected chi connectivity index (χ3v) is 3.77. The molecule has 0 fully saturated rings. The molecule has 0 atom stereocenters. The number of guanidine groups is 1. The van der Waals surface area contributed by atoms with E-state index in [0.29, 0.717) is 6.54 Å². The van der Waals surface area contributed by atoms with Gasteiger partial charge in [-0.15, -0.1) is 34.2 Å². The molecule has 0 aliphatic heterocycles.